The molecule has 2 aromatic rings. The maximum absolute atomic E-state index is 13.6. The molecule has 0 atom stereocenters. The number of methoxy groups -OCH3 is 1. The molecule has 0 saturated heterocycles. The summed E-state index contributed by atoms with van der Waals surface area (Å²) in [4.78, 5) is 35.3. The van der Waals surface area contributed by atoms with Gasteiger partial charge in [-0.3, -0.25) is 9.59 Å². The molecule has 0 heterocycles. The van der Waals surface area contributed by atoms with Gasteiger partial charge < -0.3 is 14.8 Å². The van der Waals surface area contributed by atoms with Gasteiger partial charge in [-0.05, 0) is 42.5 Å². The van der Waals surface area contributed by atoms with Crippen molar-refractivity contribution in [2.45, 2.75) is 13.3 Å². The van der Waals surface area contributed by atoms with Crippen LogP contribution in [0.25, 0.3) is 0 Å². The molecule has 0 unspecified atom stereocenters. The molecular weight excluding hydrogens is 341 g/mol. The zero-order chi connectivity index (χ0) is 19.1. The van der Waals surface area contributed by atoms with E-state index in [0.29, 0.717) is 17.7 Å². The number of Topliss-reactive ketones (excluding diaryl/α,β-unsaturated/α-hetero) is 1. The summed E-state index contributed by atoms with van der Waals surface area (Å²) in [5.74, 6) is -2.05. The molecule has 1 N–H and O–H groups in total. The highest BCUT2D eigenvalue weighted by Crippen LogP contribution is 2.18. The number of esters is 1. The Morgan fingerprint density at radius 3 is 2.27 bits per heavy atom. The van der Waals surface area contributed by atoms with Crippen LogP contribution in [0, 0.1) is 5.82 Å². The largest absolute Gasteiger partial charge is 0.494 e. The Kier molecular flexibility index (Phi) is 6.43. The Bertz CT molecular complexity index is 817. The van der Waals surface area contributed by atoms with Crippen molar-refractivity contribution >= 4 is 23.3 Å². The number of ether oxygens (including phenoxy) is 2. The van der Waals surface area contributed by atoms with Crippen LogP contribution in [0.4, 0.5) is 10.1 Å². The maximum Gasteiger partial charge on any atom is 0.338 e. The molecule has 1 amide bonds. The summed E-state index contributed by atoms with van der Waals surface area (Å²) in [6, 6.07) is 9.85. The van der Waals surface area contributed by atoms with Crippen LogP contribution in [0.1, 0.15) is 34.1 Å². The van der Waals surface area contributed by atoms with Gasteiger partial charge in [0.1, 0.15) is 0 Å². The molecule has 26 heavy (non-hydrogen) atoms. The van der Waals surface area contributed by atoms with E-state index in [1.54, 1.807) is 19.1 Å². The molecule has 0 aliphatic rings. The number of nitrogens with one attached hydrogen (secondary N) is 1. The van der Waals surface area contributed by atoms with Gasteiger partial charge >= 0.3 is 5.97 Å². The van der Waals surface area contributed by atoms with Gasteiger partial charge in [0.25, 0.3) is 0 Å². The second-order valence-electron chi connectivity index (χ2n) is 5.33. The van der Waals surface area contributed by atoms with Crippen molar-refractivity contribution in [2.75, 3.05) is 19.0 Å². The van der Waals surface area contributed by atoms with E-state index in [0.717, 1.165) is 6.07 Å². The zero-order valence-corrected chi connectivity index (χ0v) is 14.4. The number of hydrogen-bond acceptors (Lipinski definition) is 5. The number of amides is 1. The van der Waals surface area contributed by atoms with Crippen LogP contribution in [-0.2, 0) is 9.53 Å². The van der Waals surface area contributed by atoms with Gasteiger partial charge in [0.2, 0.25) is 5.91 Å². The summed E-state index contributed by atoms with van der Waals surface area (Å²) in [5.41, 5.74) is 0.876. The molecule has 2 rings (SSSR count). The molecule has 0 radical (unpaired) electrons. The van der Waals surface area contributed by atoms with Crippen molar-refractivity contribution in [2.24, 2.45) is 0 Å². The third kappa shape index (κ3) is 4.89. The number of halogens is 1. The van der Waals surface area contributed by atoms with E-state index in [2.05, 4.69) is 5.32 Å². The standard InChI is InChI=1S/C19H18FNO5/c1-3-18(23)21-14-7-4-12(5-8-14)16(22)11-26-19(24)13-6-9-17(25-2)15(20)10-13/h4-10H,3,11H2,1-2H3,(H,21,23). The van der Waals surface area contributed by atoms with E-state index in [-0.39, 0.29) is 17.2 Å². The van der Waals surface area contributed by atoms with Crippen LogP contribution in [0.5, 0.6) is 5.75 Å². The van der Waals surface area contributed by atoms with Gasteiger partial charge in [-0.2, -0.15) is 0 Å². The molecule has 6 nitrogen and oxygen atoms in total. The second kappa shape index (κ2) is 8.75. The van der Waals surface area contributed by atoms with Crippen molar-refractivity contribution in [1.82, 2.24) is 0 Å². The fraction of sp³-hybridized carbons (Fsp3) is 0.211. The Morgan fingerprint density at radius 2 is 1.69 bits per heavy atom. The van der Waals surface area contributed by atoms with Gasteiger partial charge in [-0.25, -0.2) is 9.18 Å². The normalized spacial score (nSPS) is 10.1. The van der Waals surface area contributed by atoms with E-state index in [9.17, 15) is 18.8 Å². The van der Waals surface area contributed by atoms with Gasteiger partial charge in [0.15, 0.2) is 24.0 Å². The van der Waals surface area contributed by atoms with Crippen molar-refractivity contribution in [1.29, 1.82) is 0 Å². The van der Waals surface area contributed by atoms with Crippen LogP contribution in [0.15, 0.2) is 42.5 Å². The predicted octanol–water partition coefficient (Wildman–Crippen LogP) is 3.22. The van der Waals surface area contributed by atoms with Gasteiger partial charge in [-0.1, -0.05) is 6.92 Å². The lowest BCUT2D eigenvalue weighted by atomic mass is 10.1. The van der Waals surface area contributed by atoms with E-state index in [4.69, 9.17) is 9.47 Å². The van der Waals surface area contributed by atoms with Crippen LogP contribution < -0.4 is 10.1 Å². The lowest BCUT2D eigenvalue weighted by molar-refractivity contribution is -0.115. The monoisotopic (exact) mass is 359 g/mol. The van der Waals surface area contributed by atoms with Crippen molar-refractivity contribution in [3.63, 3.8) is 0 Å². The first kappa shape index (κ1) is 19.1. The van der Waals surface area contributed by atoms with E-state index < -0.39 is 24.2 Å². The lowest BCUT2D eigenvalue weighted by Crippen LogP contribution is -2.15. The first-order valence-corrected chi connectivity index (χ1v) is 7.88. The Labute approximate surface area is 149 Å². The van der Waals surface area contributed by atoms with Gasteiger partial charge in [0, 0.05) is 17.7 Å². The SMILES string of the molecule is CCC(=O)Nc1ccc(C(=O)COC(=O)c2ccc(OC)c(F)c2)cc1. The first-order valence-electron chi connectivity index (χ1n) is 7.88. The quantitative estimate of drug-likeness (QED) is 0.606. The number of ketones is 1. The topological polar surface area (TPSA) is 81.7 Å². The van der Waals surface area contributed by atoms with Crippen molar-refractivity contribution in [3.8, 4) is 5.75 Å². The van der Waals surface area contributed by atoms with Crippen LogP contribution in [0.2, 0.25) is 0 Å². The van der Waals surface area contributed by atoms with Gasteiger partial charge in [-0.15, -0.1) is 0 Å². The minimum Gasteiger partial charge on any atom is -0.494 e. The molecule has 2 aromatic carbocycles. The number of carbonyl (C=O) groups is 3. The van der Waals surface area contributed by atoms with Crippen molar-refractivity contribution in [3.05, 3.63) is 59.4 Å². The average Bonchev–Trinajstić information content (AvgIpc) is 2.66. The van der Waals surface area contributed by atoms with Gasteiger partial charge in [0.05, 0.1) is 12.7 Å². The fourth-order valence-corrected chi connectivity index (χ4v) is 2.08. The zero-order valence-electron chi connectivity index (χ0n) is 14.4. The molecule has 0 fully saturated rings. The minimum atomic E-state index is -0.813. The molecule has 0 bridgehead atoms. The molecule has 0 aliphatic heterocycles. The van der Waals surface area contributed by atoms with E-state index in [1.165, 1.54) is 31.4 Å². The smallest absolute Gasteiger partial charge is 0.338 e. The summed E-state index contributed by atoms with van der Waals surface area (Å²) in [7, 11) is 1.31. The summed E-state index contributed by atoms with van der Waals surface area (Å²) >= 11 is 0. The van der Waals surface area contributed by atoms with Crippen LogP contribution >= 0.6 is 0 Å². The second-order valence-corrected chi connectivity index (χ2v) is 5.33. The molecule has 7 heteroatoms. The Hall–Kier alpha value is -3.22. The van der Waals surface area contributed by atoms with Crippen LogP contribution in [0.3, 0.4) is 0 Å². The number of benzene rings is 2. The summed E-state index contributed by atoms with van der Waals surface area (Å²) < 4.78 is 23.3. The summed E-state index contributed by atoms with van der Waals surface area (Å²) in [5, 5.41) is 2.66. The third-order valence-electron chi connectivity index (χ3n) is 3.53. The number of anilines is 1. The highest BCUT2D eigenvalue weighted by molar-refractivity contribution is 6.00. The first-order chi connectivity index (χ1) is 12.4. The summed E-state index contributed by atoms with van der Waals surface area (Å²) in [6.45, 7) is 1.25. The summed E-state index contributed by atoms with van der Waals surface area (Å²) in [6.07, 6.45) is 0.350. The average molecular weight is 359 g/mol. The molecule has 0 aromatic heterocycles. The third-order valence-corrected chi connectivity index (χ3v) is 3.53. The number of rotatable bonds is 7. The molecular formula is C19H18FNO5. The molecule has 0 spiro atoms. The number of carbonyl (C=O) groups excluding carboxylic acids is 3. The lowest BCUT2D eigenvalue weighted by Gasteiger charge is -2.07. The van der Waals surface area contributed by atoms with Crippen molar-refractivity contribution < 1.29 is 28.2 Å². The highest BCUT2D eigenvalue weighted by Gasteiger charge is 2.14. The minimum absolute atomic E-state index is 0.00730. The maximum atomic E-state index is 13.6. The number of hydrogen-bond donors (Lipinski definition) is 1. The van der Waals surface area contributed by atoms with E-state index in [1.807, 2.05) is 0 Å². The highest BCUT2D eigenvalue weighted by atomic mass is 19.1. The molecule has 0 saturated carbocycles. The Balaban J connectivity index is 1.94. The molecule has 0 aliphatic carbocycles. The molecule has 136 valence electrons. The predicted molar refractivity (Wildman–Crippen MR) is 92.9 cm³/mol. The van der Waals surface area contributed by atoms with Crippen LogP contribution in [-0.4, -0.2) is 31.4 Å². The fourth-order valence-electron chi connectivity index (χ4n) is 2.08. The Morgan fingerprint density at radius 1 is 1.04 bits per heavy atom. The van der Waals surface area contributed by atoms with E-state index >= 15 is 0 Å².